The van der Waals surface area contributed by atoms with Crippen LogP contribution in [0.4, 0.5) is 51.2 Å². The van der Waals surface area contributed by atoms with Gasteiger partial charge in [0, 0.05) is 50.6 Å². The van der Waals surface area contributed by atoms with Crippen molar-refractivity contribution in [1.82, 2.24) is 0 Å². The number of hydrogen-bond acceptors (Lipinski definition) is 3. The molecule has 0 aliphatic carbocycles. The number of rotatable bonds is 13. The first-order chi connectivity index (χ1) is 41.2. The van der Waals surface area contributed by atoms with Gasteiger partial charge in [-0.05, 0) is 152 Å². The number of fused-ring (bicyclic) bond motifs is 2. The highest BCUT2D eigenvalue weighted by Gasteiger charge is 2.18. The molecule has 0 atom stereocenters. The minimum atomic E-state index is 1.12. The van der Waals surface area contributed by atoms with E-state index in [4.69, 9.17) is 0 Å². The molecule has 0 unspecified atom stereocenters. The zero-order chi connectivity index (χ0) is 55.6. The van der Waals surface area contributed by atoms with Crippen molar-refractivity contribution in [3.05, 3.63) is 358 Å². The van der Waals surface area contributed by atoms with Gasteiger partial charge in [-0.3, -0.25) is 0 Å². The van der Waals surface area contributed by atoms with Crippen LogP contribution in [0.2, 0.25) is 0 Å². The topological polar surface area (TPSA) is 9.72 Å². The van der Waals surface area contributed by atoms with Crippen molar-refractivity contribution in [1.29, 1.82) is 0 Å². The van der Waals surface area contributed by atoms with Gasteiger partial charge in [0.15, 0.2) is 0 Å². The highest BCUT2D eigenvalue weighted by Crippen LogP contribution is 2.43. The molecule has 0 aliphatic heterocycles. The summed E-state index contributed by atoms with van der Waals surface area (Å²) in [5.41, 5.74) is 19.9. The molecule has 0 saturated heterocycles. The molecule has 0 aliphatic rings. The molecule has 0 N–H and O–H groups in total. The Bertz CT molecular complexity index is 3990. The lowest BCUT2D eigenvalue weighted by Gasteiger charge is -2.27. The van der Waals surface area contributed by atoms with E-state index in [0.29, 0.717) is 0 Å². The van der Waals surface area contributed by atoms with Crippen molar-refractivity contribution in [3.63, 3.8) is 0 Å². The Morgan fingerprint density at radius 3 is 0.627 bits per heavy atom. The van der Waals surface area contributed by atoms with Crippen LogP contribution in [0, 0.1) is 0 Å². The van der Waals surface area contributed by atoms with Gasteiger partial charge in [-0.15, -0.1) is 0 Å². The van der Waals surface area contributed by atoms with Crippen molar-refractivity contribution in [3.8, 4) is 44.5 Å². The average molecular weight is 1060 g/mol. The molecule has 14 aromatic rings. The first-order valence-electron chi connectivity index (χ1n) is 28.3. The summed E-state index contributed by atoms with van der Waals surface area (Å²) in [5.74, 6) is 0. The quantitative estimate of drug-likeness (QED) is 0.114. The average Bonchev–Trinajstić information content (AvgIpc) is 3.71. The van der Waals surface area contributed by atoms with E-state index in [0.717, 1.165) is 51.2 Å². The molecular weight excluding hydrogens is 1000 g/mol. The van der Waals surface area contributed by atoms with E-state index in [1.54, 1.807) is 0 Å². The van der Waals surface area contributed by atoms with Crippen molar-refractivity contribution < 1.29 is 0 Å². The first-order valence-corrected chi connectivity index (χ1v) is 28.3. The molecule has 0 amide bonds. The van der Waals surface area contributed by atoms with Crippen LogP contribution in [0.5, 0.6) is 0 Å². The van der Waals surface area contributed by atoms with Crippen LogP contribution in [0.1, 0.15) is 0 Å². The van der Waals surface area contributed by atoms with E-state index >= 15 is 0 Å². The third-order valence-corrected chi connectivity index (χ3v) is 15.3. The second kappa shape index (κ2) is 24.2. The number of hydrogen-bond donors (Lipinski definition) is 0. The molecule has 3 heteroatoms. The van der Waals surface area contributed by atoms with Gasteiger partial charge >= 0.3 is 0 Å². The summed E-state index contributed by atoms with van der Waals surface area (Å²) in [4.78, 5) is 7.01. The molecular formula is C80H59N3. The van der Waals surface area contributed by atoms with Gasteiger partial charge in [-0.25, -0.2) is 0 Å². The van der Waals surface area contributed by atoms with Crippen LogP contribution in [0.3, 0.4) is 0 Å². The van der Waals surface area contributed by atoms with Gasteiger partial charge in [0.05, 0.1) is 11.4 Å². The van der Waals surface area contributed by atoms with E-state index in [1.165, 1.54) is 66.1 Å². The van der Waals surface area contributed by atoms with Crippen LogP contribution in [0.25, 0.3) is 66.1 Å². The minimum Gasteiger partial charge on any atom is -0.311 e. The van der Waals surface area contributed by atoms with Gasteiger partial charge in [-0.1, -0.05) is 261 Å². The number of para-hydroxylation sites is 2. The molecule has 0 fully saturated rings. The van der Waals surface area contributed by atoms with Gasteiger partial charge in [0.1, 0.15) is 0 Å². The first kappa shape index (κ1) is 51.4. The molecule has 83 heavy (non-hydrogen) atoms. The van der Waals surface area contributed by atoms with E-state index in [1.807, 2.05) is 0 Å². The summed E-state index contributed by atoms with van der Waals surface area (Å²) in [7, 11) is 0. The lowest BCUT2D eigenvalue weighted by atomic mass is 10.0. The second-order valence-electron chi connectivity index (χ2n) is 20.5. The van der Waals surface area contributed by atoms with Crippen LogP contribution in [0.15, 0.2) is 358 Å². The fraction of sp³-hybridized carbons (Fsp3) is 0. The zero-order valence-electron chi connectivity index (χ0n) is 45.9. The Balaban J connectivity index is 0.000000159. The summed E-state index contributed by atoms with van der Waals surface area (Å²) in [5, 5.41) is 4.90. The second-order valence-corrected chi connectivity index (χ2v) is 20.5. The van der Waals surface area contributed by atoms with Crippen molar-refractivity contribution in [2.45, 2.75) is 0 Å². The monoisotopic (exact) mass is 1060 g/mol. The highest BCUT2D eigenvalue weighted by atomic mass is 15.2. The third kappa shape index (κ3) is 11.3. The Morgan fingerprint density at radius 2 is 0.337 bits per heavy atom. The molecule has 0 saturated carbocycles. The molecule has 14 rings (SSSR count). The van der Waals surface area contributed by atoms with E-state index in [2.05, 4.69) is 373 Å². The number of benzene rings is 14. The standard InChI is InChI=1S/C44H32N2.C36H27N/c1-3-17-37(18-4-1)45(43-23-11-15-35-13-7-9-21-41(35)43)39-29-25-33(26-30-39)34-27-31-40(32-28-34)46(38-19-5-2-6-20-38)44-24-12-16-36-14-8-10-22-42(36)44;1-4-10-28(11-5-1)31-16-22-34(23-17-31)37(35-24-18-32(19-25-35)29-12-6-2-7-13-29)36-26-20-33(21-27-36)30-14-8-3-9-15-30/h1-32H;1-27H. The van der Waals surface area contributed by atoms with Crippen molar-refractivity contribution in [2.75, 3.05) is 14.7 Å². The molecule has 0 heterocycles. The van der Waals surface area contributed by atoms with Crippen LogP contribution in [-0.4, -0.2) is 0 Å². The van der Waals surface area contributed by atoms with Gasteiger partial charge in [0.2, 0.25) is 0 Å². The Morgan fingerprint density at radius 1 is 0.133 bits per heavy atom. The maximum absolute atomic E-state index is 2.34. The predicted molar refractivity (Wildman–Crippen MR) is 354 cm³/mol. The number of anilines is 9. The Hall–Kier alpha value is -11.0. The minimum absolute atomic E-state index is 1.12. The van der Waals surface area contributed by atoms with E-state index in [9.17, 15) is 0 Å². The molecule has 0 aromatic heterocycles. The molecule has 394 valence electrons. The van der Waals surface area contributed by atoms with Crippen LogP contribution >= 0.6 is 0 Å². The van der Waals surface area contributed by atoms with Gasteiger partial charge in [0.25, 0.3) is 0 Å². The summed E-state index contributed by atoms with van der Waals surface area (Å²) in [6, 6.07) is 127. The maximum Gasteiger partial charge on any atom is 0.0540 e. The highest BCUT2D eigenvalue weighted by molar-refractivity contribution is 6.00. The Kier molecular flexibility index (Phi) is 15.0. The normalized spacial score (nSPS) is 10.9. The van der Waals surface area contributed by atoms with Gasteiger partial charge in [-0.2, -0.15) is 0 Å². The lowest BCUT2D eigenvalue weighted by Crippen LogP contribution is -2.10. The predicted octanol–water partition coefficient (Wildman–Crippen LogP) is 22.8. The van der Waals surface area contributed by atoms with Crippen LogP contribution in [-0.2, 0) is 0 Å². The summed E-state index contributed by atoms with van der Waals surface area (Å²) < 4.78 is 0. The smallest absolute Gasteiger partial charge is 0.0540 e. The van der Waals surface area contributed by atoms with E-state index in [-0.39, 0.29) is 0 Å². The third-order valence-electron chi connectivity index (χ3n) is 15.3. The van der Waals surface area contributed by atoms with Crippen LogP contribution < -0.4 is 14.7 Å². The molecule has 0 radical (unpaired) electrons. The fourth-order valence-corrected chi connectivity index (χ4v) is 11.2. The SMILES string of the molecule is c1ccc(-c2ccc(N(c3ccc(-c4ccccc4)cc3)c3ccc(-c4ccccc4)cc3)cc2)cc1.c1ccc(N(c2ccc(-c3ccc(N(c4ccccc4)c4cccc5ccccc45)cc3)cc2)c2cccc3ccccc23)cc1. The largest absolute Gasteiger partial charge is 0.311 e. The van der Waals surface area contributed by atoms with Gasteiger partial charge < -0.3 is 14.7 Å². The molecule has 0 spiro atoms. The summed E-state index contributed by atoms with van der Waals surface area (Å²) in [6.07, 6.45) is 0. The molecule has 14 aromatic carbocycles. The summed E-state index contributed by atoms with van der Waals surface area (Å²) in [6.45, 7) is 0. The molecule has 3 nitrogen and oxygen atoms in total. The van der Waals surface area contributed by atoms with Crippen molar-refractivity contribution in [2.24, 2.45) is 0 Å². The summed E-state index contributed by atoms with van der Waals surface area (Å²) >= 11 is 0. The zero-order valence-corrected chi connectivity index (χ0v) is 45.9. The van der Waals surface area contributed by atoms with E-state index < -0.39 is 0 Å². The fourth-order valence-electron chi connectivity index (χ4n) is 11.2. The lowest BCUT2D eigenvalue weighted by molar-refractivity contribution is 1.28. The molecule has 0 bridgehead atoms. The van der Waals surface area contributed by atoms with Crippen molar-refractivity contribution >= 4 is 72.7 Å². The maximum atomic E-state index is 2.34. The Labute approximate surface area is 487 Å². The number of nitrogens with zero attached hydrogens (tertiary/aromatic N) is 3.